The lowest BCUT2D eigenvalue weighted by atomic mass is 11.2. The Balaban J connectivity index is 3.27. The van der Waals surface area contributed by atoms with Crippen LogP contribution in [0, 0.1) is 22.9 Å². The van der Waals surface area contributed by atoms with Gasteiger partial charge in [0.2, 0.25) is 6.19 Å². The van der Waals surface area contributed by atoms with Crippen molar-refractivity contribution < 1.29 is 0 Å². The first kappa shape index (κ1) is 5.54. The molecule has 0 heterocycles. The van der Waals surface area contributed by atoms with Crippen molar-refractivity contribution in [2.75, 3.05) is 0 Å². The summed E-state index contributed by atoms with van der Waals surface area (Å²) in [5.41, 5.74) is 1.85. The average Bonchev–Trinajstić information content (AvgIpc) is 1.68. The second-order valence-electron chi connectivity index (χ2n) is 0.694. The molecular weight excluding hydrogens is 94.1 g/mol. The summed E-state index contributed by atoms with van der Waals surface area (Å²) in [4.78, 5) is 0. The summed E-state index contributed by atoms with van der Waals surface area (Å²) in [6, 6.07) is 0. The van der Waals surface area contributed by atoms with E-state index < -0.39 is 0 Å². The molecule has 0 aliphatic carbocycles. The van der Waals surface area contributed by atoms with E-state index in [0.29, 0.717) is 5.12 Å². The van der Waals surface area contributed by atoms with Crippen LogP contribution in [-0.4, -0.2) is 5.12 Å². The number of hydrazine groups is 2. The number of nitrogens with zero attached hydrogens (tertiary/aromatic N) is 3. The monoisotopic (exact) mass is 97.0 g/mol. The molecule has 0 aliphatic rings. The smallest absolute Gasteiger partial charge is 0.217 e. The van der Waals surface area contributed by atoms with Crippen LogP contribution in [0.15, 0.2) is 0 Å². The maximum Gasteiger partial charge on any atom is 0.217 e. The predicted molar refractivity (Wildman–Crippen MR) is 20.4 cm³/mol. The zero-order valence-electron chi connectivity index (χ0n) is 3.42. The minimum atomic E-state index is 0.500. The van der Waals surface area contributed by atoms with Gasteiger partial charge in [-0.15, -0.1) is 5.12 Å². The third-order valence-electron chi connectivity index (χ3n) is 0.278. The van der Waals surface area contributed by atoms with Gasteiger partial charge in [-0.25, -0.2) is 11.3 Å². The summed E-state index contributed by atoms with van der Waals surface area (Å²) in [5, 5.41) is 16.0. The Morgan fingerprint density at radius 3 is 2.29 bits per heavy atom. The predicted octanol–water partition coefficient (Wildman–Crippen LogP) is -1.37. The van der Waals surface area contributed by atoms with Crippen LogP contribution >= 0.6 is 0 Å². The van der Waals surface area contributed by atoms with E-state index in [1.165, 1.54) is 12.4 Å². The maximum absolute atomic E-state index is 7.80. The number of rotatable bonds is 1. The van der Waals surface area contributed by atoms with Crippen LogP contribution in [0.2, 0.25) is 0 Å². The van der Waals surface area contributed by atoms with E-state index in [0.717, 1.165) is 0 Å². The Kier molecular flexibility index (Phi) is 2.18. The molecule has 5 nitrogen and oxygen atoms in total. The third-order valence-corrected chi connectivity index (χ3v) is 0.278. The largest absolute Gasteiger partial charge is 0.218 e. The molecule has 0 atom stereocenters. The van der Waals surface area contributed by atoms with E-state index in [9.17, 15) is 0 Å². The van der Waals surface area contributed by atoms with Gasteiger partial charge in [-0.3, -0.25) is 0 Å². The molecule has 5 heteroatoms. The molecular formula is C2H3N5. The molecule has 0 aliphatic heterocycles. The van der Waals surface area contributed by atoms with Crippen molar-refractivity contribution in [2.24, 2.45) is 5.84 Å². The summed E-state index contributed by atoms with van der Waals surface area (Å²) in [6.45, 7) is 0. The molecule has 0 bridgehead atoms. The number of hydrogen-bond donors (Lipinski definition) is 2. The van der Waals surface area contributed by atoms with Crippen LogP contribution in [0.3, 0.4) is 0 Å². The van der Waals surface area contributed by atoms with Crippen molar-refractivity contribution in [3.05, 3.63) is 0 Å². The number of nitrogens with two attached hydrogens (primary N) is 1. The van der Waals surface area contributed by atoms with E-state index in [1.54, 1.807) is 0 Å². The lowest BCUT2D eigenvalue weighted by molar-refractivity contribution is 0.353. The van der Waals surface area contributed by atoms with Crippen LogP contribution in [-0.2, 0) is 0 Å². The standard InChI is InChI=1S/C2H3N5/c3-1-6-7(5)2-4/h6H,5H2. The SMILES string of the molecule is N#CNN(N)C#N. The van der Waals surface area contributed by atoms with Crippen molar-refractivity contribution in [1.82, 2.24) is 10.5 Å². The summed E-state index contributed by atoms with van der Waals surface area (Å²) in [6.07, 6.45) is 2.89. The van der Waals surface area contributed by atoms with Crippen LogP contribution in [0.1, 0.15) is 0 Å². The molecule has 0 spiro atoms. The lowest BCUT2D eigenvalue weighted by Crippen LogP contribution is -2.35. The van der Waals surface area contributed by atoms with Crippen molar-refractivity contribution in [2.45, 2.75) is 0 Å². The zero-order chi connectivity index (χ0) is 5.70. The van der Waals surface area contributed by atoms with Gasteiger partial charge in [-0.2, -0.15) is 10.5 Å². The first-order valence-electron chi connectivity index (χ1n) is 1.40. The quantitative estimate of drug-likeness (QED) is 0.182. The molecule has 0 saturated heterocycles. The number of nitriles is 2. The Labute approximate surface area is 40.5 Å². The average molecular weight is 97.1 g/mol. The van der Waals surface area contributed by atoms with Gasteiger partial charge in [-0.1, -0.05) is 0 Å². The fourth-order valence-corrected chi connectivity index (χ4v) is 0.0789. The van der Waals surface area contributed by atoms with Crippen molar-refractivity contribution in [1.29, 1.82) is 10.5 Å². The molecule has 0 saturated carbocycles. The maximum atomic E-state index is 7.80. The molecule has 0 amide bonds. The molecule has 0 radical (unpaired) electrons. The first-order chi connectivity index (χ1) is 3.31. The lowest BCUT2D eigenvalue weighted by Gasteiger charge is -1.99. The van der Waals surface area contributed by atoms with E-state index in [4.69, 9.17) is 16.4 Å². The fraction of sp³-hybridized carbons (Fsp3) is 0. The van der Waals surface area contributed by atoms with Gasteiger partial charge in [0.25, 0.3) is 0 Å². The highest BCUT2D eigenvalue weighted by Gasteiger charge is 1.81. The molecule has 0 aromatic rings. The Hall–Kier alpha value is -1.46. The van der Waals surface area contributed by atoms with Crippen molar-refractivity contribution in [3.63, 3.8) is 0 Å². The topological polar surface area (TPSA) is 88.9 Å². The molecule has 36 valence electrons. The molecule has 0 fully saturated rings. The zero-order valence-corrected chi connectivity index (χ0v) is 3.42. The highest BCUT2D eigenvalue weighted by molar-refractivity contribution is 4.68. The van der Waals surface area contributed by atoms with Crippen molar-refractivity contribution >= 4 is 0 Å². The molecule has 7 heavy (non-hydrogen) atoms. The second kappa shape index (κ2) is 2.76. The van der Waals surface area contributed by atoms with E-state index >= 15 is 0 Å². The normalized spacial score (nSPS) is 5.57. The number of hydrogen-bond acceptors (Lipinski definition) is 5. The summed E-state index contributed by atoms with van der Waals surface area (Å²) in [5.74, 6) is 4.72. The van der Waals surface area contributed by atoms with Crippen LogP contribution in [0.4, 0.5) is 0 Å². The van der Waals surface area contributed by atoms with Gasteiger partial charge in [0, 0.05) is 0 Å². The molecule has 0 aromatic heterocycles. The first-order valence-corrected chi connectivity index (χ1v) is 1.40. The number of nitrogens with one attached hydrogen (secondary N) is 1. The fourth-order valence-electron chi connectivity index (χ4n) is 0.0789. The van der Waals surface area contributed by atoms with Gasteiger partial charge < -0.3 is 0 Å². The van der Waals surface area contributed by atoms with Crippen LogP contribution in [0.25, 0.3) is 0 Å². The molecule has 3 N–H and O–H groups in total. The van der Waals surface area contributed by atoms with Gasteiger partial charge in [0.15, 0.2) is 6.19 Å². The Bertz CT molecular complexity index is 115. The summed E-state index contributed by atoms with van der Waals surface area (Å²) in [7, 11) is 0. The summed E-state index contributed by atoms with van der Waals surface area (Å²) < 4.78 is 0. The molecule has 0 aromatic carbocycles. The summed E-state index contributed by atoms with van der Waals surface area (Å²) >= 11 is 0. The Morgan fingerprint density at radius 1 is 1.57 bits per heavy atom. The third kappa shape index (κ3) is 2.34. The van der Waals surface area contributed by atoms with Gasteiger partial charge >= 0.3 is 0 Å². The van der Waals surface area contributed by atoms with Gasteiger partial charge in [0.1, 0.15) is 0 Å². The van der Waals surface area contributed by atoms with Crippen molar-refractivity contribution in [3.8, 4) is 12.4 Å². The highest BCUT2D eigenvalue weighted by atomic mass is 15.6. The second-order valence-corrected chi connectivity index (χ2v) is 0.694. The molecule has 0 unspecified atom stereocenters. The van der Waals surface area contributed by atoms with Crippen LogP contribution in [0.5, 0.6) is 0 Å². The van der Waals surface area contributed by atoms with Gasteiger partial charge in [0.05, 0.1) is 0 Å². The van der Waals surface area contributed by atoms with E-state index in [2.05, 4.69) is 0 Å². The van der Waals surface area contributed by atoms with E-state index in [1.807, 2.05) is 5.43 Å². The van der Waals surface area contributed by atoms with Crippen LogP contribution < -0.4 is 11.3 Å². The minimum Gasteiger partial charge on any atom is -0.218 e. The minimum absolute atomic E-state index is 0.500. The highest BCUT2D eigenvalue weighted by Crippen LogP contribution is 1.53. The molecule has 0 rings (SSSR count). The van der Waals surface area contributed by atoms with E-state index in [-0.39, 0.29) is 0 Å². The Morgan fingerprint density at radius 2 is 2.14 bits per heavy atom. The van der Waals surface area contributed by atoms with Gasteiger partial charge in [-0.05, 0) is 0 Å².